The predicted octanol–water partition coefficient (Wildman–Crippen LogP) is 1.25. The topological polar surface area (TPSA) is 63.4 Å². The molecule has 3 rings (SSSR count). The molecule has 1 aliphatic heterocycles. The standard InChI is InChI=1S/C14H20N4O2S/c19-5-6-20-10-13-14-9-17(8-12-2-7-21-11-12)3-1-4-18(14)16-15-13/h2,7,11,19H,1,3-6,8-10H2. The maximum atomic E-state index is 8.79. The Hall–Kier alpha value is -1.28. The molecule has 0 saturated carbocycles. The highest BCUT2D eigenvalue weighted by molar-refractivity contribution is 7.07. The van der Waals surface area contributed by atoms with Crippen LogP contribution in [0.1, 0.15) is 23.4 Å². The minimum atomic E-state index is 0.0355. The lowest BCUT2D eigenvalue weighted by molar-refractivity contribution is 0.0788. The van der Waals surface area contributed by atoms with E-state index >= 15 is 0 Å². The van der Waals surface area contributed by atoms with E-state index in [1.807, 2.05) is 4.68 Å². The lowest BCUT2D eigenvalue weighted by Crippen LogP contribution is -2.23. The Morgan fingerprint density at radius 1 is 1.38 bits per heavy atom. The first-order chi connectivity index (χ1) is 10.4. The first-order valence-electron chi connectivity index (χ1n) is 7.20. The quantitative estimate of drug-likeness (QED) is 0.814. The Morgan fingerprint density at radius 3 is 3.14 bits per heavy atom. The van der Waals surface area contributed by atoms with Crippen molar-refractivity contribution in [2.24, 2.45) is 0 Å². The van der Waals surface area contributed by atoms with Gasteiger partial charge in [-0.25, -0.2) is 4.68 Å². The molecule has 0 atom stereocenters. The van der Waals surface area contributed by atoms with Gasteiger partial charge in [0.25, 0.3) is 0 Å². The minimum Gasteiger partial charge on any atom is -0.394 e. The van der Waals surface area contributed by atoms with Gasteiger partial charge in [-0.2, -0.15) is 11.3 Å². The summed E-state index contributed by atoms with van der Waals surface area (Å²) < 4.78 is 7.38. The molecule has 114 valence electrons. The van der Waals surface area contributed by atoms with Crippen molar-refractivity contribution in [3.63, 3.8) is 0 Å². The summed E-state index contributed by atoms with van der Waals surface area (Å²) in [6, 6.07) is 2.18. The highest BCUT2D eigenvalue weighted by Gasteiger charge is 2.20. The average molecular weight is 308 g/mol. The molecule has 0 unspecified atom stereocenters. The molecule has 21 heavy (non-hydrogen) atoms. The summed E-state index contributed by atoms with van der Waals surface area (Å²) in [6.45, 7) is 4.58. The highest BCUT2D eigenvalue weighted by Crippen LogP contribution is 2.18. The molecule has 1 N–H and O–H groups in total. The Bertz CT molecular complexity index is 555. The second kappa shape index (κ2) is 7.13. The van der Waals surface area contributed by atoms with Gasteiger partial charge in [-0.1, -0.05) is 5.21 Å². The van der Waals surface area contributed by atoms with Gasteiger partial charge >= 0.3 is 0 Å². The van der Waals surface area contributed by atoms with Crippen molar-refractivity contribution in [3.05, 3.63) is 33.8 Å². The zero-order chi connectivity index (χ0) is 14.5. The Labute approximate surface area is 128 Å². The molecule has 3 heterocycles. The highest BCUT2D eigenvalue weighted by atomic mass is 32.1. The molecule has 0 spiro atoms. The van der Waals surface area contributed by atoms with Crippen LogP contribution in [0.3, 0.4) is 0 Å². The number of thiophene rings is 1. The van der Waals surface area contributed by atoms with Gasteiger partial charge < -0.3 is 9.84 Å². The van der Waals surface area contributed by atoms with E-state index in [9.17, 15) is 0 Å². The van der Waals surface area contributed by atoms with Crippen molar-refractivity contribution in [1.82, 2.24) is 19.9 Å². The molecule has 0 aromatic carbocycles. The molecule has 0 aliphatic carbocycles. The van der Waals surface area contributed by atoms with Crippen LogP contribution in [0.4, 0.5) is 0 Å². The number of aliphatic hydroxyl groups excluding tert-OH is 1. The van der Waals surface area contributed by atoms with Crippen LogP contribution in [-0.4, -0.2) is 44.8 Å². The van der Waals surface area contributed by atoms with Gasteiger partial charge in [-0.05, 0) is 28.8 Å². The number of aryl methyl sites for hydroxylation is 1. The number of ether oxygens (including phenoxy) is 1. The zero-order valence-electron chi connectivity index (χ0n) is 11.9. The van der Waals surface area contributed by atoms with E-state index in [0.717, 1.165) is 44.0 Å². The van der Waals surface area contributed by atoms with Crippen LogP contribution in [-0.2, 0) is 31.0 Å². The molecule has 0 amide bonds. The maximum Gasteiger partial charge on any atom is 0.113 e. The molecule has 0 saturated heterocycles. The Morgan fingerprint density at radius 2 is 2.33 bits per heavy atom. The van der Waals surface area contributed by atoms with Gasteiger partial charge in [0.1, 0.15) is 5.69 Å². The summed E-state index contributed by atoms with van der Waals surface area (Å²) in [5.41, 5.74) is 3.39. The van der Waals surface area contributed by atoms with Crippen LogP contribution in [0.15, 0.2) is 16.8 Å². The van der Waals surface area contributed by atoms with Crippen LogP contribution < -0.4 is 0 Å². The summed E-state index contributed by atoms with van der Waals surface area (Å²) in [5.74, 6) is 0. The van der Waals surface area contributed by atoms with Crippen LogP contribution in [0, 0.1) is 0 Å². The first kappa shape index (κ1) is 14.6. The smallest absolute Gasteiger partial charge is 0.113 e. The summed E-state index contributed by atoms with van der Waals surface area (Å²) in [7, 11) is 0. The zero-order valence-corrected chi connectivity index (χ0v) is 12.8. The molecule has 1 aliphatic rings. The fourth-order valence-electron chi connectivity index (χ4n) is 2.58. The molecule has 7 heteroatoms. The van der Waals surface area contributed by atoms with Gasteiger partial charge in [0.15, 0.2) is 0 Å². The number of hydrogen-bond acceptors (Lipinski definition) is 6. The molecule has 0 bridgehead atoms. The largest absolute Gasteiger partial charge is 0.394 e. The molecule has 2 aromatic rings. The monoisotopic (exact) mass is 308 g/mol. The summed E-state index contributed by atoms with van der Waals surface area (Å²) in [4.78, 5) is 2.43. The third-order valence-electron chi connectivity index (χ3n) is 3.60. The number of aromatic nitrogens is 3. The molecule has 0 radical (unpaired) electrons. The van der Waals surface area contributed by atoms with Crippen molar-refractivity contribution in [3.8, 4) is 0 Å². The van der Waals surface area contributed by atoms with Gasteiger partial charge in [-0.3, -0.25) is 4.90 Å². The van der Waals surface area contributed by atoms with E-state index in [4.69, 9.17) is 9.84 Å². The van der Waals surface area contributed by atoms with Gasteiger partial charge in [-0.15, -0.1) is 5.10 Å². The van der Waals surface area contributed by atoms with Crippen LogP contribution >= 0.6 is 11.3 Å². The first-order valence-corrected chi connectivity index (χ1v) is 8.14. The molecular formula is C14H20N4O2S. The summed E-state index contributed by atoms with van der Waals surface area (Å²) in [5, 5.41) is 21.6. The van der Waals surface area contributed by atoms with E-state index in [2.05, 4.69) is 32.0 Å². The van der Waals surface area contributed by atoms with Crippen molar-refractivity contribution in [1.29, 1.82) is 0 Å². The maximum absolute atomic E-state index is 8.79. The SMILES string of the molecule is OCCOCc1nnn2c1CN(Cc1ccsc1)CCC2. The number of rotatable bonds is 6. The van der Waals surface area contributed by atoms with E-state index in [1.54, 1.807) is 11.3 Å². The summed E-state index contributed by atoms with van der Waals surface area (Å²) in [6.07, 6.45) is 1.08. The fourth-order valence-corrected chi connectivity index (χ4v) is 3.24. The van der Waals surface area contributed by atoms with Crippen LogP contribution in [0.5, 0.6) is 0 Å². The normalized spacial score (nSPS) is 15.9. The number of aliphatic hydroxyl groups is 1. The lowest BCUT2D eigenvalue weighted by atomic mass is 10.2. The van der Waals surface area contributed by atoms with E-state index in [-0.39, 0.29) is 6.61 Å². The number of nitrogens with zero attached hydrogens (tertiary/aromatic N) is 4. The third kappa shape index (κ3) is 3.68. The second-order valence-corrected chi connectivity index (χ2v) is 5.96. The van der Waals surface area contributed by atoms with Crippen molar-refractivity contribution < 1.29 is 9.84 Å². The van der Waals surface area contributed by atoms with E-state index < -0.39 is 0 Å². The van der Waals surface area contributed by atoms with Crippen molar-refractivity contribution >= 4 is 11.3 Å². The minimum absolute atomic E-state index is 0.0355. The second-order valence-electron chi connectivity index (χ2n) is 5.18. The number of fused-ring (bicyclic) bond motifs is 1. The van der Waals surface area contributed by atoms with Gasteiger partial charge in [0.2, 0.25) is 0 Å². The fraction of sp³-hybridized carbons (Fsp3) is 0.571. The van der Waals surface area contributed by atoms with E-state index in [1.165, 1.54) is 5.56 Å². The van der Waals surface area contributed by atoms with Crippen molar-refractivity contribution in [2.75, 3.05) is 19.8 Å². The molecular weight excluding hydrogens is 288 g/mol. The van der Waals surface area contributed by atoms with Crippen LogP contribution in [0.25, 0.3) is 0 Å². The molecule has 0 fully saturated rings. The van der Waals surface area contributed by atoms with Gasteiger partial charge in [0, 0.05) is 26.2 Å². The summed E-state index contributed by atoms with van der Waals surface area (Å²) >= 11 is 1.74. The van der Waals surface area contributed by atoms with Crippen LogP contribution in [0.2, 0.25) is 0 Å². The third-order valence-corrected chi connectivity index (χ3v) is 4.33. The lowest BCUT2D eigenvalue weighted by Gasteiger charge is -2.19. The van der Waals surface area contributed by atoms with Gasteiger partial charge in [0.05, 0.1) is 25.5 Å². The predicted molar refractivity (Wildman–Crippen MR) is 79.8 cm³/mol. The van der Waals surface area contributed by atoms with E-state index in [0.29, 0.717) is 13.2 Å². The average Bonchev–Trinajstić information content (AvgIpc) is 3.06. The Kier molecular flexibility index (Phi) is 4.97. The number of hydrogen-bond donors (Lipinski definition) is 1. The molecule has 2 aromatic heterocycles. The van der Waals surface area contributed by atoms with Crippen molar-refractivity contribution in [2.45, 2.75) is 32.7 Å². The Balaban J connectivity index is 1.69. The molecule has 6 nitrogen and oxygen atoms in total.